The summed E-state index contributed by atoms with van der Waals surface area (Å²) >= 11 is 6.41. The van der Waals surface area contributed by atoms with Crippen LogP contribution in [0.3, 0.4) is 0 Å². The number of rotatable bonds is 4. The number of aryl methyl sites for hydroxylation is 1. The largest absolute Gasteiger partial charge is 0.433 e. The van der Waals surface area contributed by atoms with Crippen molar-refractivity contribution in [1.82, 2.24) is 29.8 Å². The smallest absolute Gasteiger partial charge is 0.352 e. The minimum atomic E-state index is -4.55. The van der Waals surface area contributed by atoms with Crippen molar-refractivity contribution < 1.29 is 18.0 Å². The van der Waals surface area contributed by atoms with Crippen molar-refractivity contribution in [3.8, 4) is 22.5 Å². The SMILES string of the molecule is Cc1cccnc1C(=O)N1CCN(c2cnc(-c3ccc(C(F)(F)F)nc3)c(-c3ccncc3Cl)n2)CC1. The van der Waals surface area contributed by atoms with E-state index < -0.39 is 11.9 Å². The van der Waals surface area contributed by atoms with Gasteiger partial charge in [0, 0.05) is 62.1 Å². The first-order valence-electron chi connectivity index (χ1n) is 11.7. The topological polar surface area (TPSA) is 88.0 Å². The maximum absolute atomic E-state index is 13.0. The number of halogens is 4. The molecule has 0 N–H and O–H groups in total. The number of nitrogens with zero attached hydrogens (tertiary/aromatic N) is 7. The molecule has 0 unspecified atom stereocenters. The summed E-state index contributed by atoms with van der Waals surface area (Å²) in [4.78, 5) is 37.8. The number of hydrogen-bond donors (Lipinski definition) is 0. The van der Waals surface area contributed by atoms with Gasteiger partial charge < -0.3 is 9.80 Å². The number of piperazine rings is 1. The molecule has 0 aromatic carbocycles. The summed E-state index contributed by atoms with van der Waals surface area (Å²) < 4.78 is 39.1. The van der Waals surface area contributed by atoms with Gasteiger partial charge in [0.2, 0.25) is 0 Å². The lowest BCUT2D eigenvalue weighted by Crippen LogP contribution is -2.49. The number of aromatic nitrogens is 5. The number of amides is 1. The van der Waals surface area contributed by atoms with Crippen LogP contribution in [0.15, 0.2) is 61.3 Å². The summed E-state index contributed by atoms with van der Waals surface area (Å²) in [5, 5.41) is 0.321. The Kier molecular flexibility index (Phi) is 6.94. The number of pyridine rings is 3. The first kappa shape index (κ1) is 25.5. The van der Waals surface area contributed by atoms with E-state index in [1.165, 1.54) is 12.3 Å². The summed E-state index contributed by atoms with van der Waals surface area (Å²) in [5.41, 5.74) is 1.87. The van der Waals surface area contributed by atoms with Gasteiger partial charge in [0.15, 0.2) is 0 Å². The normalized spacial score (nSPS) is 14.0. The lowest BCUT2D eigenvalue weighted by molar-refractivity contribution is -0.141. The molecule has 0 aliphatic carbocycles. The van der Waals surface area contributed by atoms with Crippen LogP contribution in [-0.2, 0) is 6.18 Å². The fourth-order valence-electron chi connectivity index (χ4n) is 4.20. The Morgan fingerprint density at radius 1 is 0.921 bits per heavy atom. The molecule has 194 valence electrons. The summed E-state index contributed by atoms with van der Waals surface area (Å²) in [7, 11) is 0. The zero-order valence-corrected chi connectivity index (χ0v) is 20.9. The number of alkyl halides is 3. The molecule has 1 amide bonds. The Morgan fingerprint density at radius 3 is 2.37 bits per heavy atom. The summed E-state index contributed by atoms with van der Waals surface area (Å²) in [6.45, 7) is 3.80. The fourth-order valence-corrected chi connectivity index (χ4v) is 4.41. The molecule has 0 atom stereocenters. The molecule has 4 aromatic rings. The standard InChI is InChI=1S/C26H21ClF3N7O/c1-16-3-2-7-32-22(16)25(38)37-11-9-36(10-12-37)21-15-34-23(17-4-5-20(33-13-17)26(28,29)30)24(35-21)18-6-8-31-14-19(18)27/h2-8,13-15H,9-12H2,1H3. The van der Waals surface area contributed by atoms with Gasteiger partial charge in [0.05, 0.1) is 16.9 Å². The van der Waals surface area contributed by atoms with Gasteiger partial charge in [-0.05, 0) is 36.8 Å². The van der Waals surface area contributed by atoms with Crippen molar-refractivity contribution in [3.63, 3.8) is 0 Å². The van der Waals surface area contributed by atoms with E-state index in [2.05, 4.69) is 19.9 Å². The molecule has 0 bridgehead atoms. The van der Waals surface area contributed by atoms with E-state index in [4.69, 9.17) is 16.6 Å². The number of anilines is 1. The van der Waals surface area contributed by atoms with Crippen LogP contribution < -0.4 is 4.90 Å². The van der Waals surface area contributed by atoms with Crippen LogP contribution in [0, 0.1) is 6.92 Å². The molecule has 38 heavy (non-hydrogen) atoms. The highest BCUT2D eigenvalue weighted by Crippen LogP contribution is 2.35. The highest BCUT2D eigenvalue weighted by molar-refractivity contribution is 6.33. The highest BCUT2D eigenvalue weighted by Gasteiger charge is 2.32. The van der Waals surface area contributed by atoms with Crippen molar-refractivity contribution in [2.45, 2.75) is 13.1 Å². The first-order chi connectivity index (χ1) is 18.2. The minimum absolute atomic E-state index is 0.122. The average Bonchev–Trinajstić information content (AvgIpc) is 2.93. The molecule has 1 saturated heterocycles. The van der Waals surface area contributed by atoms with Crippen LogP contribution in [0.4, 0.5) is 19.0 Å². The first-order valence-corrected chi connectivity index (χ1v) is 12.1. The second kappa shape index (κ2) is 10.3. The molecule has 0 radical (unpaired) electrons. The van der Waals surface area contributed by atoms with Crippen LogP contribution in [0.1, 0.15) is 21.7 Å². The van der Waals surface area contributed by atoms with Gasteiger partial charge in [0.25, 0.3) is 5.91 Å². The molecule has 1 aliphatic rings. The van der Waals surface area contributed by atoms with E-state index in [0.29, 0.717) is 65.2 Å². The van der Waals surface area contributed by atoms with Gasteiger partial charge >= 0.3 is 6.18 Å². The summed E-state index contributed by atoms with van der Waals surface area (Å²) in [6, 6.07) is 7.53. The Balaban J connectivity index is 1.43. The second-order valence-corrected chi connectivity index (χ2v) is 9.07. The maximum atomic E-state index is 13.0. The van der Waals surface area contributed by atoms with Crippen molar-refractivity contribution in [3.05, 3.63) is 83.3 Å². The molecule has 12 heteroatoms. The van der Waals surface area contributed by atoms with Gasteiger partial charge in [-0.25, -0.2) is 4.98 Å². The van der Waals surface area contributed by atoms with E-state index in [-0.39, 0.29) is 5.91 Å². The number of carbonyl (C=O) groups is 1. The van der Waals surface area contributed by atoms with E-state index in [0.717, 1.165) is 17.8 Å². The van der Waals surface area contributed by atoms with Gasteiger partial charge in [-0.3, -0.25) is 24.7 Å². The summed E-state index contributed by atoms with van der Waals surface area (Å²) in [5.74, 6) is 0.431. The quantitative estimate of drug-likeness (QED) is 0.363. The third kappa shape index (κ3) is 5.14. The van der Waals surface area contributed by atoms with E-state index in [9.17, 15) is 18.0 Å². The molecule has 5 rings (SSSR count). The predicted octanol–water partition coefficient (Wildman–Crippen LogP) is 4.94. The lowest BCUT2D eigenvalue weighted by Gasteiger charge is -2.35. The number of carbonyl (C=O) groups excluding carboxylic acids is 1. The zero-order chi connectivity index (χ0) is 26.9. The van der Waals surface area contributed by atoms with Crippen molar-refractivity contribution >= 4 is 23.3 Å². The summed E-state index contributed by atoms with van der Waals surface area (Å²) in [6.07, 6.45) is 2.75. The molecule has 1 fully saturated rings. The van der Waals surface area contributed by atoms with E-state index >= 15 is 0 Å². The van der Waals surface area contributed by atoms with Crippen LogP contribution in [0.5, 0.6) is 0 Å². The zero-order valence-electron chi connectivity index (χ0n) is 20.2. The van der Waals surface area contributed by atoms with Gasteiger partial charge in [-0.1, -0.05) is 17.7 Å². The van der Waals surface area contributed by atoms with E-state index in [1.54, 1.807) is 35.6 Å². The molecular weight excluding hydrogens is 519 g/mol. The van der Waals surface area contributed by atoms with Crippen molar-refractivity contribution in [1.29, 1.82) is 0 Å². The van der Waals surface area contributed by atoms with Crippen LogP contribution in [0.2, 0.25) is 5.02 Å². The van der Waals surface area contributed by atoms with Crippen LogP contribution in [0.25, 0.3) is 22.5 Å². The molecule has 4 aromatic heterocycles. The van der Waals surface area contributed by atoms with Gasteiger partial charge in [-0.2, -0.15) is 13.2 Å². The lowest BCUT2D eigenvalue weighted by atomic mass is 10.1. The van der Waals surface area contributed by atoms with Crippen LogP contribution in [-0.4, -0.2) is 61.9 Å². The Morgan fingerprint density at radius 2 is 1.71 bits per heavy atom. The van der Waals surface area contributed by atoms with Crippen LogP contribution >= 0.6 is 11.6 Å². The van der Waals surface area contributed by atoms with Gasteiger partial charge in [0.1, 0.15) is 22.9 Å². The molecule has 0 spiro atoms. The van der Waals surface area contributed by atoms with E-state index in [1.807, 2.05) is 17.9 Å². The average molecular weight is 540 g/mol. The third-order valence-corrected chi connectivity index (χ3v) is 6.52. The molecular formula is C26H21ClF3N7O. The molecule has 1 aliphatic heterocycles. The minimum Gasteiger partial charge on any atom is -0.352 e. The highest BCUT2D eigenvalue weighted by atomic mass is 35.5. The second-order valence-electron chi connectivity index (χ2n) is 8.66. The maximum Gasteiger partial charge on any atom is 0.433 e. The van der Waals surface area contributed by atoms with Crippen molar-refractivity contribution in [2.75, 3.05) is 31.1 Å². The van der Waals surface area contributed by atoms with Crippen molar-refractivity contribution in [2.24, 2.45) is 0 Å². The molecule has 8 nitrogen and oxygen atoms in total. The molecule has 0 saturated carbocycles. The Labute approximate surface area is 221 Å². The Bertz CT molecular complexity index is 1470. The molecule has 5 heterocycles. The predicted molar refractivity (Wildman–Crippen MR) is 136 cm³/mol. The fraction of sp³-hybridized carbons (Fsp3) is 0.231. The number of hydrogen-bond acceptors (Lipinski definition) is 7. The Hall–Kier alpha value is -4.12. The third-order valence-electron chi connectivity index (χ3n) is 6.22. The van der Waals surface area contributed by atoms with Gasteiger partial charge in [-0.15, -0.1) is 0 Å². The monoisotopic (exact) mass is 539 g/mol.